The molecule has 1 heterocycles. The fourth-order valence-electron chi connectivity index (χ4n) is 2.78. The maximum atomic E-state index is 9.10. The molecular formula is C19H14BN2O. The summed E-state index contributed by atoms with van der Waals surface area (Å²) in [5.41, 5.74) is 4.90. The van der Waals surface area contributed by atoms with E-state index in [1.165, 1.54) is 0 Å². The van der Waals surface area contributed by atoms with Gasteiger partial charge in [0.1, 0.15) is 5.82 Å². The monoisotopic (exact) mass is 297 g/mol. The summed E-state index contributed by atoms with van der Waals surface area (Å²) in [7, 11) is 1.10. The van der Waals surface area contributed by atoms with Gasteiger partial charge in [0.05, 0.1) is 11.0 Å². The molecule has 0 aliphatic carbocycles. The van der Waals surface area contributed by atoms with Crippen molar-refractivity contribution in [3.05, 3.63) is 78.9 Å². The predicted octanol–water partition coefficient (Wildman–Crippen LogP) is 2.93. The van der Waals surface area contributed by atoms with Gasteiger partial charge in [-0.25, -0.2) is 4.98 Å². The summed E-state index contributed by atoms with van der Waals surface area (Å²) in [5, 5.41) is 9.10. The first-order valence-electron chi connectivity index (χ1n) is 7.47. The van der Waals surface area contributed by atoms with Crippen molar-refractivity contribution >= 4 is 24.0 Å². The van der Waals surface area contributed by atoms with E-state index in [9.17, 15) is 0 Å². The fourth-order valence-corrected chi connectivity index (χ4v) is 2.78. The van der Waals surface area contributed by atoms with Crippen LogP contribution in [-0.2, 0) is 0 Å². The summed E-state index contributed by atoms with van der Waals surface area (Å²) in [6.07, 6.45) is 0. The summed E-state index contributed by atoms with van der Waals surface area (Å²) >= 11 is 0. The number of fused-ring (bicyclic) bond motifs is 1. The van der Waals surface area contributed by atoms with Crippen molar-refractivity contribution in [2.75, 3.05) is 0 Å². The highest BCUT2D eigenvalue weighted by Crippen LogP contribution is 2.28. The smallest absolute Gasteiger partial charge is 0.326 e. The second-order valence-electron chi connectivity index (χ2n) is 5.35. The fraction of sp³-hybridized carbons (Fsp3) is 0. The van der Waals surface area contributed by atoms with Gasteiger partial charge in [0.2, 0.25) is 0 Å². The van der Waals surface area contributed by atoms with Gasteiger partial charge in [-0.1, -0.05) is 60.1 Å². The SMILES string of the molecule is O[B]c1ccc(-c2nc3ccccc3n2-c2ccccc2)cc1. The number of para-hydroxylation sites is 3. The van der Waals surface area contributed by atoms with Crippen LogP contribution in [0.1, 0.15) is 0 Å². The highest BCUT2D eigenvalue weighted by molar-refractivity contribution is 6.45. The van der Waals surface area contributed by atoms with E-state index < -0.39 is 0 Å². The second-order valence-corrected chi connectivity index (χ2v) is 5.35. The molecule has 0 aliphatic rings. The molecule has 0 bridgehead atoms. The van der Waals surface area contributed by atoms with Crippen molar-refractivity contribution in [1.29, 1.82) is 0 Å². The van der Waals surface area contributed by atoms with Gasteiger partial charge in [-0.2, -0.15) is 0 Å². The van der Waals surface area contributed by atoms with Crippen LogP contribution in [0, 0.1) is 0 Å². The molecule has 0 amide bonds. The Hall–Kier alpha value is -2.85. The average molecular weight is 297 g/mol. The lowest BCUT2D eigenvalue weighted by Crippen LogP contribution is -2.12. The van der Waals surface area contributed by atoms with E-state index >= 15 is 0 Å². The lowest BCUT2D eigenvalue weighted by molar-refractivity contribution is 0.615. The van der Waals surface area contributed by atoms with Crippen molar-refractivity contribution < 1.29 is 5.02 Å². The molecule has 0 saturated heterocycles. The van der Waals surface area contributed by atoms with Crippen molar-refractivity contribution in [2.45, 2.75) is 0 Å². The Morgan fingerprint density at radius 3 is 2.22 bits per heavy atom. The maximum absolute atomic E-state index is 9.10. The molecule has 3 aromatic carbocycles. The molecule has 0 unspecified atom stereocenters. The Kier molecular flexibility index (Phi) is 3.44. The van der Waals surface area contributed by atoms with Gasteiger partial charge in [-0.15, -0.1) is 0 Å². The molecule has 4 rings (SSSR count). The van der Waals surface area contributed by atoms with Crippen molar-refractivity contribution in [3.63, 3.8) is 0 Å². The van der Waals surface area contributed by atoms with E-state index in [0.717, 1.165) is 41.1 Å². The molecule has 0 aliphatic heterocycles. The number of benzene rings is 3. The molecule has 3 nitrogen and oxygen atoms in total. The van der Waals surface area contributed by atoms with Crippen LogP contribution in [0.25, 0.3) is 28.1 Å². The number of imidazole rings is 1. The van der Waals surface area contributed by atoms with Gasteiger partial charge in [-0.05, 0) is 24.3 Å². The molecule has 1 N–H and O–H groups in total. The minimum absolute atomic E-state index is 0.774. The number of hydrogen-bond donors (Lipinski definition) is 1. The standard InChI is InChI=1S/C19H14BN2O/c23-20-15-12-10-14(11-13-15)19-21-17-8-4-5-9-18(17)22(19)16-6-2-1-3-7-16/h1-13,23H. The van der Waals surface area contributed by atoms with E-state index in [4.69, 9.17) is 10.0 Å². The number of hydrogen-bond acceptors (Lipinski definition) is 2. The molecule has 1 radical (unpaired) electrons. The number of aromatic nitrogens is 2. The van der Waals surface area contributed by atoms with Gasteiger partial charge in [0.15, 0.2) is 0 Å². The van der Waals surface area contributed by atoms with Crippen LogP contribution in [0.5, 0.6) is 0 Å². The normalized spacial score (nSPS) is 10.8. The van der Waals surface area contributed by atoms with Crippen molar-refractivity contribution in [2.24, 2.45) is 0 Å². The number of rotatable bonds is 3. The third-order valence-corrected chi connectivity index (χ3v) is 3.89. The van der Waals surface area contributed by atoms with Crippen LogP contribution in [0.3, 0.4) is 0 Å². The van der Waals surface area contributed by atoms with E-state index in [1.807, 2.05) is 60.7 Å². The largest absolute Gasteiger partial charge is 0.450 e. The lowest BCUT2D eigenvalue weighted by atomic mass is 9.88. The topological polar surface area (TPSA) is 38.1 Å². The van der Waals surface area contributed by atoms with Crippen LogP contribution in [-0.4, -0.2) is 22.1 Å². The Labute approximate surface area is 135 Å². The first-order chi connectivity index (χ1) is 11.4. The minimum Gasteiger partial charge on any atom is -0.450 e. The molecule has 0 fully saturated rings. The number of nitrogens with zero attached hydrogens (tertiary/aromatic N) is 2. The zero-order valence-electron chi connectivity index (χ0n) is 12.4. The lowest BCUT2D eigenvalue weighted by Gasteiger charge is -2.09. The summed E-state index contributed by atoms with van der Waals surface area (Å²) in [4.78, 5) is 4.81. The van der Waals surface area contributed by atoms with Crippen molar-refractivity contribution in [3.8, 4) is 17.1 Å². The highest BCUT2D eigenvalue weighted by atomic mass is 16.2. The van der Waals surface area contributed by atoms with E-state index in [1.54, 1.807) is 0 Å². The summed E-state index contributed by atoms with van der Waals surface area (Å²) in [6, 6.07) is 26.0. The molecule has 4 aromatic rings. The Balaban J connectivity index is 1.98. The Bertz CT molecular complexity index is 946. The molecule has 0 atom stereocenters. The maximum Gasteiger partial charge on any atom is 0.326 e. The molecule has 1 aromatic heterocycles. The average Bonchev–Trinajstić information content (AvgIpc) is 3.02. The van der Waals surface area contributed by atoms with Crippen LogP contribution in [0.15, 0.2) is 78.9 Å². The quantitative estimate of drug-likeness (QED) is 0.590. The summed E-state index contributed by atoms with van der Waals surface area (Å²) in [5.74, 6) is 0.891. The minimum atomic E-state index is 0.774. The Morgan fingerprint density at radius 1 is 0.783 bits per heavy atom. The molecule has 4 heteroatoms. The molecule has 109 valence electrons. The van der Waals surface area contributed by atoms with E-state index in [-0.39, 0.29) is 0 Å². The molecular weight excluding hydrogens is 283 g/mol. The van der Waals surface area contributed by atoms with Crippen LogP contribution in [0.4, 0.5) is 0 Å². The third-order valence-electron chi connectivity index (χ3n) is 3.89. The second kappa shape index (κ2) is 5.74. The van der Waals surface area contributed by atoms with Crippen LogP contribution in [0.2, 0.25) is 0 Å². The van der Waals surface area contributed by atoms with Gasteiger partial charge < -0.3 is 5.02 Å². The van der Waals surface area contributed by atoms with Gasteiger partial charge in [-0.3, -0.25) is 4.57 Å². The molecule has 0 spiro atoms. The Morgan fingerprint density at radius 2 is 1.48 bits per heavy atom. The highest BCUT2D eigenvalue weighted by Gasteiger charge is 2.13. The zero-order valence-corrected chi connectivity index (χ0v) is 12.4. The first-order valence-corrected chi connectivity index (χ1v) is 7.47. The third kappa shape index (κ3) is 2.43. The first kappa shape index (κ1) is 13.8. The molecule has 23 heavy (non-hydrogen) atoms. The summed E-state index contributed by atoms with van der Waals surface area (Å²) in [6.45, 7) is 0. The van der Waals surface area contributed by atoms with Gasteiger partial charge in [0.25, 0.3) is 0 Å². The van der Waals surface area contributed by atoms with Crippen molar-refractivity contribution in [1.82, 2.24) is 9.55 Å². The van der Waals surface area contributed by atoms with Gasteiger partial charge >= 0.3 is 7.48 Å². The van der Waals surface area contributed by atoms with E-state index in [2.05, 4.69) is 22.8 Å². The predicted molar refractivity (Wildman–Crippen MR) is 94.1 cm³/mol. The van der Waals surface area contributed by atoms with Gasteiger partial charge in [0, 0.05) is 11.3 Å². The van der Waals surface area contributed by atoms with Crippen LogP contribution >= 0.6 is 0 Å². The zero-order chi connectivity index (χ0) is 15.6. The molecule has 0 saturated carbocycles. The summed E-state index contributed by atoms with van der Waals surface area (Å²) < 4.78 is 2.16. The van der Waals surface area contributed by atoms with Crippen LogP contribution < -0.4 is 5.46 Å². The van der Waals surface area contributed by atoms with E-state index in [0.29, 0.717) is 0 Å².